The number of hydrogen-bond donors (Lipinski definition) is 2. The summed E-state index contributed by atoms with van der Waals surface area (Å²) in [6.07, 6.45) is 1.78. The van der Waals surface area contributed by atoms with Crippen molar-refractivity contribution in [3.8, 4) is 17.2 Å². The van der Waals surface area contributed by atoms with E-state index >= 15 is 0 Å². The van der Waals surface area contributed by atoms with E-state index in [1.807, 2.05) is 56.3 Å². The second-order valence-corrected chi connectivity index (χ2v) is 6.00. The molecule has 5 nitrogen and oxygen atoms in total. The molecule has 0 fully saturated rings. The molecule has 0 bridgehead atoms. The van der Waals surface area contributed by atoms with Crippen LogP contribution < -0.4 is 10.6 Å². The lowest BCUT2D eigenvalue weighted by Gasteiger charge is -2.10. The van der Waals surface area contributed by atoms with E-state index < -0.39 is 0 Å². The molecule has 128 valence electrons. The van der Waals surface area contributed by atoms with Crippen LogP contribution in [0.1, 0.15) is 16.8 Å². The van der Waals surface area contributed by atoms with Gasteiger partial charge in [-0.05, 0) is 66.9 Å². The van der Waals surface area contributed by atoms with E-state index in [2.05, 4.69) is 21.7 Å². The Labute approximate surface area is 152 Å². The quantitative estimate of drug-likeness (QED) is 0.712. The number of amides is 2. The highest BCUT2D eigenvalue weighted by atomic mass is 16.2. The van der Waals surface area contributed by atoms with Crippen molar-refractivity contribution < 1.29 is 4.79 Å². The number of carbonyl (C=O) groups is 1. The van der Waals surface area contributed by atoms with Crippen molar-refractivity contribution in [2.45, 2.75) is 13.8 Å². The Bertz CT molecular complexity index is 988. The van der Waals surface area contributed by atoms with Crippen molar-refractivity contribution in [1.29, 1.82) is 5.26 Å². The topological polar surface area (TPSA) is 77.8 Å². The fraction of sp³-hybridized carbons (Fsp3) is 0.0952. The minimum atomic E-state index is -0.389. The number of benzene rings is 2. The van der Waals surface area contributed by atoms with E-state index in [1.54, 1.807) is 18.3 Å². The molecular weight excluding hydrogens is 324 g/mol. The zero-order valence-electron chi connectivity index (χ0n) is 14.6. The number of nitriles is 1. The number of urea groups is 1. The second-order valence-electron chi connectivity index (χ2n) is 6.00. The molecule has 0 radical (unpaired) electrons. The SMILES string of the molecule is Cc1ccc(C#N)c(NC(=O)Nc2ccc(-c3ccnc(C)c3)cc2)c1. The van der Waals surface area contributed by atoms with Crippen molar-refractivity contribution in [3.05, 3.63) is 77.6 Å². The van der Waals surface area contributed by atoms with Crippen LogP contribution in [-0.2, 0) is 0 Å². The van der Waals surface area contributed by atoms with E-state index in [-0.39, 0.29) is 6.03 Å². The molecule has 0 unspecified atom stereocenters. The fourth-order valence-corrected chi connectivity index (χ4v) is 2.61. The maximum atomic E-state index is 12.2. The Morgan fingerprint density at radius 1 is 0.962 bits per heavy atom. The van der Waals surface area contributed by atoms with Crippen LogP contribution in [0.3, 0.4) is 0 Å². The van der Waals surface area contributed by atoms with E-state index in [0.717, 1.165) is 22.4 Å². The molecule has 3 aromatic rings. The molecule has 2 N–H and O–H groups in total. The van der Waals surface area contributed by atoms with Crippen molar-refractivity contribution in [3.63, 3.8) is 0 Å². The standard InChI is InChI=1S/C21H18N4O/c1-14-3-4-18(13-22)20(11-14)25-21(26)24-19-7-5-16(6-8-19)17-9-10-23-15(2)12-17/h3-12H,1-2H3,(H2,24,25,26). The van der Waals surface area contributed by atoms with Crippen LogP contribution in [0.15, 0.2) is 60.8 Å². The van der Waals surface area contributed by atoms with Crippen LogP contribution in [0.2, 0.25) is 0 Å². The first-order valence-electron chi connectivity index (χ1n) is 8.17. The minimum Gasteiger partial charge on any atom is -0.308 e. The average molecular weight is 342 g/mol. The summed E-state index contributed by atoms with van der Waals surface area (Å²) in [5, 5.41) is 14.6. The molecule has 0 atom stereocenters. The third kappa shape index (κ3) is 4.05. The van der Waals surface area contributed by atoms with Crippen LogP contribution >= 0.6 is 0 Å². The van der Waals surface area contributed by atoms with Crippen LogP contribution in [-0.4, -0.2) is 11.0 Å². The predicted octanol–water partition coefficient (Wildman–Crippen LogP) is 4.88. The van der Waals surface area contributed by atoms with Gasteiger partial charge in [0.15, 0.2) is 0 Å². The summed E-state index contributed by atoms with van der Waals surface area (Å²) in [6.45, 7) is 3.86. The number of hydrogen-bond acceptors (Lipinski definition) is 3. The lowest BCUT2D eigenvalue weighted by atomic mass is 10.1. The van der Waals surface area contributed by atoms with Gasteiger partial charge in [0.25, 0.3) is 0 Å². The van der Waals surface area contributed by atoms with Gasteiger partial charge in [0.2, 0.25) is 0 Å². The Morgan fingerprint density at radius 2 is 1.73 bits per heavy atom. The highest BCUT2D eigenvalue weighted by Crippen LogP contribution is 2.22. The second kappa shape index (κ2) is 7.49. The smallest absolute Gasteiger partial charge is 0.308 e. The lowest BCUT2D eigenvalue weighted by molar-refractivity contribution is 0.262. The lowest BCUT2D eigenvalue weighted by Crippen LogP contribution is -2.20. The first-order chi connectivity index (χ1) is 12.5. The third-order valence-electron chi connectivity index (χ3n) is 3.92. The number of nitrogens with zero attached hydrogens (tertiary/aromatic N) is 2. The summed E-state index contributed by atoms with van der Waals surface area (Å²) in [5.41, 5.74) is 5.64. The minimum absolute atomic E-state index is 0.389. The molecule has 0 saturated carbocycles. The van der Waals surface area contributed by atoms with Gasteiger partial charge in [-0.25, -0.2) is 4.79 Å². The summed E-state index contributed by atoms with van der Waals surface area (Å²) in [6, 6.07) is 18.5. The molecule has 5 heteroatoms. The van der Waals surface area contributed by atoms with Gasteiger partial charge in [0.05, 0.1) is 11.3 Å². The number of carbonyl (C=O) groups excluding carboxylic acids is 1. The van der Waals surface area contributed by atoms with Crippen molar-refractivity contribution in [2.24, 2.45) is 0 Å². The molecular formula is C21H18N4O. The number of pyridine rings is 1. The van der Waals surface area contributed by atoms with E-state index in [1.165, 1.54) is 0 Å². The summed E-state index contributed by atoms with van der Waals surface area (Å²) in [7, 11) is 0. The molecule has 26 heavy (non-hydrogen) atoms. The molecule has 0 saturated heterocycles. The Kier molecular flexibility index (Phi) is 4.95. The molecule has 3 rings (SSSR count). The first kappa shape index (κ1) is 17.2. The van der Waals surface area contributed by atoms with Gasteiger partial charge in [0.1, 0.15) is 6.07 Å². The van der Waals surface area contributed by atoms with E-state index in [0.29, 0.717) is 16.9 Å². The van der Waals surface area contributed by atoms with Gasteiger partial charge >= 0.3 is 6.03 Å². The monoisotopic (exact) mass is 342 g/mol. The van der Waals surface area contributed by atoms with Gasteiger partial charge in [-0.3, -0.25) is 4.98 Å². The molecule has 0 aliphatic heterocycles. The Hall–Kier alpha value is -3.65. The van der Waals surface area contributed by atoms with Crippen LogP contribution in [0.25, 0.3) is 11.1 Å². The zero-order chi connectivity index (χ0) is 18.5. The van der Waals surface area contributed by atoms with Gasteiger partial charge in [0, 0.05) is 17.6 Å². The summed E-state index contributed by atoms with van der Waals surface area (Å²) in [5.74, 6) is 0. The maximum absolute atomic E-state index is 12.2. The largest absolute Gasteiger partial charge is 0.323 e. The van der Waals surface area contributed by atoms with E-state index in [4.69, 9.17) is 5.26 Å². The van der Waals surface area contributed by atoms with Gasteiger partial charge in [-0.2, -0.15) is 5.26 Å². The van der Waals surface area contributed by atoms with Gasteiger partial charge in [-0.1, -0.05) is 18.2 Å². The molecule has 0 aliphatic rings. The molecule has 2 amide bonds. The summed E-state index contributed by atoms with van der Waals surface area (Å²) >= 11 is 0. The number of anilines is 2. The Morgan fingerprint density at radius 3 is 2.42 bits per heavy atom. The predicted molar refractivity (Wildman–Crippen MR) is 103 cm³/mol. The highest BCUT2D eigenvalue weighted by molar-refractivity contribution is 6.00. The molecule has 0 spiro atoms. The highest BCUT2D eigenvalue weighted by Gasteiger charge is 2.08. The van der Waals surface area contributed by atoms with Crippen molar-refractivity contribution in [2.75, 3.05) is 10.6 Å². The number of aromatic nitrogens is 1. The van der Waals surface area contributed by atoms with Crippen LogP contribution in [0, 0.1) is 25.2 Å². The molecule has 0 aliphatic carbocycles. The maximum Gasteiger partial charge on any atom is 0.323 e. The van der Waals surface area contributed by atoms with Crippen molar-refractivity contribution >= 4 is 17.4 Å². The Balaban J connectivity index is 1.71. The van der Waals surface area contributed by atoms with Gasteiger partial charge < -0.3 is 10.6 Å². The molecule has 2 aromatic carbocycles. The number of nitrogens with one attached hydrogen (secondary N) is 2. The third-order valence-corrected chi connectivity index (χ3v) is 3.92. The number of aryl methyl sites for hydroxylation is 2. The van der Waals surface area contributed by atoms with Gasteiger partial charge in [-0.15, -0.1) is 0 Å². The van der Waals surface area contributed by atoms with Crippen LogP contribution in [0.5, 0.6) is 0 Å². The molecule has 1 heterocycles. The summed E-state index contributed by atoms with van der Waals surface area (Å²) < 4.78 is 0. The van der Waals surface area contributed by atoms with E-state index in [9.17, 15) is 4.79 Å². The van der Waals surface area contributed by atoms with Crippen LogP contribution in [0.4, 0.5) is 16.2 Å². The molecule has 1 aromatic heterocycles. The zero-order valence-corrected chi connectivity index (χ0v) is 14.6. The summed E-state index contributed by atoms with van der Waals surface area (Å²) in [4.78, 5) is 16.4. The number of rotatable bonds is 3. The normalized spacial score (nSPS) is 10.0. The fourth-order valence-electron chi connectivity index (χ4n) is 2.61. The first-order valence-corrected chi connectivity index (χ1v) is 8.17. The average Bonchev–Trinajstić information content (AvgIpc) is 2.62. The van der Waals surface area contributed by atoms with Crippen molar-refractivity contribution in [1.82, 2.24) is 4.98 Å².